The van der Waals surface area contributed by atoms with Gasteiger partial charge in [0.05, 0.1) is 13.1 Å². The Hall–Kier alpha value is -5.55. The molecule has 0 saturated carbocycles. The summed E-state index contributed by atoms with van der Waals surface area (Å²) in [6.07, 6.45) is 8.54. The molecule has 222 valence electrons. The molecule has 5 heteroatoms. The summed E-state index contributed by atoms with van der Waals surface area (Å²) in [4.78, 5) is 44.7. The van der Waals surface area contributed by atoms with Crippen LogP contribution in [0.3, 0.4) is 0 Å². The zero-order valence-electron chi connectivity index (χ0n) is 25.0. The summed E-state index contributed by atoms with van der Waals surface area (Å²) in [6.45, 7) is 0.852. The standard InChI is InChI=1S/C40H34N2O3/c43-38-36(24-32-17-9-3-10-18-32)28-42(29-37(38)25-33-19-11-4-12-20-33)40(45)39(44)41-26-34(21-30-13-5-1-6-14-30)23-35(27-41)22-31-15-7-2-8-16-31/h1-22,24-25H,23,26-29H2/b34-21-,35-22-,36-24+,37-25+. The summed E-state index contributed by atoms with van der Waals surface area (Å²) < 4.78 is 0. The Morgan fingerprint density at radius 2 is 0.756 bits per heavy atom. The van der Waals surface area contributed by atoms with E-state index in [2.05, 4.69) is 12.2 Å². The van der Waals surface area contributed by atoms with Crippen molar-refractivity contribution in [2.45, 2.75) is 6.42 Å². The van der Waals surface area contributed by atoms with E-state index in [-0.39, 0.29) is 18.9 Å². The van der Waals surface area contributed by atoms with Crippen molar-refractivity contribution >= 4 is 41.9 Å². The molecule has 45 heavy (non-hydrogen) atoms. The van der Waals surface area contributed by atoms with Gasteiger partial charge in [-0.2, -0.15) is 0 Å². The van der Waals surface area contributed by atoms with Gasteiger partial charge in [-0.15, -0.1) is 0 Å². The number of ketones is 1. The molecule has 2 aliphatic heterocycles. The van der Waals surface area contributed by atoms with Gasteiger partial charge in [0.2, 0.25) is 0 Å². The molecule has 4 aromatic carbocycles. The number of rotatable bonds is 4. The first kappa shape index (κ1) is 29.5. The summed E-state index contributed by atoms with van der Waals surface area (Å²) in [7, 11) is 0. The van der Waals surface area contributed by atoms with Crippen LogP contribution in [-0.2, 0) is 14.4 Å². The first-order chi connectivity index (χ1) is 22.0. The second kappa shape index (κ2) is 13.8. The van der Waals surface area contributed by atoms with Crippen molar-refractivity contribution in [2.24, 2.45) is 0 Å². The number of hydrogen-bond donors (Lipinski definition) is 0. The minimum Gasteiger partial charge on any atom is -0.326 e. The number of hydrogen-bond acceptors (Lipinski definition) is 3. The molecular weight excluding hydrogens is 556 g/mol. The van der Waals surface area contributed by atoms with Crippen LogP contribution in [0.2, 0.25) is 0 Å². The van der Waals surface area contributed by atoms with Crippen LogP contribution < -0.4 is 0 Å². The van der Waals surface area contributed by atoms with Crippen LogP contribution in [-0.4, -0.2) is 53.6 Å². The summed E-state index contributed by atoms with van der Waals surface area (Å²) in [5.41, 5.74) is 6.89. The SMILES string of the molecule is O=C1/C(=C/c2ccccc2)CN(C(=O)C(=O)N2C/C(=C\c3ccccc3)C/C(=C/c3ccccc3)C2)C/C1=C\c1ccccc1. The van der Waals surface area contributed by atoms with E-state index in [1.165, 1.54) is 4.90 Å². The van der Waals surface area contributed by atoms with Gasteiger partial charge in [-0.3, -0.25) is 14.4 Å². The molecule has 2 amide bonds. The fourth-order valence-corrected chi connectivity index (χ4v) is 5.81. The molecule has 0 bridgehead atoms. The quantitative estimate of drug-likeness (QED) is 0.191. The van der Waals surface area contributed by atoms with Crippen molar-refractivity contribution in [3.05, 3.63) is 166 Å². The molecule has 2 heterocycles. The predicted octanol–water partition coefficient (Wildman–Crippen LogP) is 6.96. The van der Waals surface area contributed by atoms with Gasteiger partial charge in [-0.05, 0) is 52.0 Å². The summed E-state index contributed by atoms with van der Waals surface area (Å²) in [5, 5.41) is 0. The van der Waals surface area contributed by atoms with Crippen molar-refractivity contribution in [3.8, 4) is 0 Å². The van der Waals surface area contributed by atoms with Gasteiger partial charge in [0.25, 0.3) is 0 Å². The van der Waals surface area contributed by atoms with Gasteiger partial charge in [0.15, 0.2) is 5.78 Å². The third-order valence-corrected chi connectivity index (χ3v) is 7.93. The Balaban J connectivity index is 1.30. The number of carbonyl (C=O) groups excluding carboxylic acids is 3. The van der Waals surface area contributed by atoms with Crippen molar-refractivity contribution in [1.29, 1.82) is 0 Å². The van der Waals surface area contributed by atoms with Gasteiger partial charge < -0.3 is 9.80 Å². The van der Waals surface area contributed by atoms with Crippen LogP contribution >= 0.6 is 0 Å². The molecule has 0 atom stereocenters. The molecule has 2 aliphatic rings. The number of Topliss-reactive ketones (excluding diaryl/α,β-unsaturated/α-hetero) is 1. The number of carbonyl (C=O) groups is 3. The molecule has 0 spiro atoms. The first-order valence-electron chi connectivity index (χ1n) is 15.1. The van der Waals surface area contributed by atoms with Crippen LogP contribution in [0.4, 0.5) is 0 Å². The van der Waals surface area contributed by atoms with Crippen molar-refractivity contribution in [3.63, 3.8) is 0 Å². The lowest BCUT2D eigenvalue weighted by Gasteiger charge is -2.34. The molecule has 0 radical (unpaired) electrons. The minimum absolute atomic E-state index is 0.0672. The maximum absolute atomic E-state index is 14.0. The van der Waals surface area contributed by atoms with E-state index in [4.69, 9.17) is 0 Å². The Morgan fingerprint density at radius 1 is 0.444 bits per heavy atom. The molecule has 0 N–H and O–H groups in total. The second-order valence-electron chi connectivity index (χ2n) is 11.4. The molecule has 0 unspecified atom stereocenters. The Bertz CT molecular complexity index is 1690. The zero-order valence-corrected chi connectivity index (χ0v) is 25.0. The fraction of sp³-hybridized carbons (Fsp3) is 0.125. The molecule has 0 aliphatic carbocycles. The van der Waals surface area contributed by atoms with Gasteiger partial charge >= 0.3 is 11.8 Å². The molecule has 4 aromatic rings. The highest BCUT2D eigenvalue weighted by Crippen LogP contribution is 2.27. The summed E-state index contributed by atoms with van der Waals surface area (Å²) >= 11 is 0. The molecule has 0 aromatic heterocycles. The predicted molar refractivity (Wildman–Crippen MR) is 180 cm³/mol. The zero-order chi connectivity index (χ0) is 31.0. The van der Waals surface area contributed by atoms with Gasteiger partial charge in [0.1, 0.15) is 0 Å². The smallest absolute Gasteiger partial charge is 0.312 e. The Morgan fingerprint density at radius 3 is 1.11 bits per heavy atom. The average molecular weight is 591 g/mol. The summed E-state index contributed by atoms with van der Waals surface area (Å²) in [5.74, 6) is -1.29. The topological polar surface area (TPSA) is 57.7 Å². The molecule has 6 rings (SSSR count). The highest BCUT2D eigenvalue weighted by molar-refractivity contribution is 6.35. The number of piperidine rings is 2. The Kier molecular flexibility index (Phi) is 9.07. The minimum atomic E-state index is -0.611. The van der Waals surface area contributed by atoms with E-state index in [0.29, 0.717) is 30.7 Å². The van der Waals surface area contributed by atoms with E-state index in [1.54, 1.807) is 4.90 Å². The van der Waals surface area contributed by atoms with Gasteiger partial charge in [-0.1, -0.05) is 133 Å². The highest BCUT2D eigenvalue weighted by atomic mass is 16.2. The van der Waals surface area contributed by atoms with Crippen LogP contribution in [0.15, 0.2) is 144 Å². The van der Waals surface area contributed by atoms with Crippen molar-refractivity contribution in [2.75, 3.05) is 26.2 Å². The van der Waals surface area contributed by atoms with E-state index in [0.717, 1.165) is 33.4 Å². The van der Waals surface area contributed by atoms with E-state index >= 15 is 0 Å². The van der Waals surface area contributed by atoms with E-state index in [1.807, 2.05) is 133 Å². The number of benzene rings is 4. The summed E-state index contributed by atoms with van der Waals surface area (Å²) in [6, 6.07) is 39.2. The van der Waals surface area contributed by atoms with E-state index in [9.17, 15) is 14.4 Å². The fourth-order valence-electron chi connectivity index (χ4n) is 5.81. The Labute approximate surface area is 264 Å². The molecule has 5 nitrogen and oxygen atoms in total. The number of nitrogens with zero attached hydrogens (tertiary/aromatic N) is 2. The lowest BCUT2D eigenvalue weighted by molar-refractivity contribution is -0.151. The normalized spacial score (nSPS) is 19.0. The van der Waals surface area contributed by atoms with Crippen LogP contribution in [0, 0.1) is 0 Å². The molecule has 2 saturated heterocycles. The van der Waals surface area contributed by atoms with Gasteiger partial charge in [0, 0.05) is 24.2 Å². The maximum atomic E-state index is 14.0. The maximum Gasteiger partial charge on any atom is 0.312 e. The monoisotopic (exact) mass is 590 g/mol. The van der Waals surface area contributed by atoms with Crippen LogP contribution in [0.1, 0.15) is 28.7 Å². The van der Waals surface area contributed by atoms with Crippen LogP contribution in [0.5, 0.6) is 0 Å². The third kappa shape index (κ3) is 7.51. The third-order valence-electron chi connectivity index (χ3n) is 7.93. The second-order valence-corrected chi connectivity index (χ2v) is 11.4. The number of amides is 2. The lowest BCUT2D eigenvalue weighted by Crippen LogP contribution is -2.51. The largest absolute Gasteiger partial charge is 0.326 e. The highest BCUT2D eigenvalue weighted by Gasteiger charge is 2.35. The first-order valence-corrected chi connectivity index (χ1v) is 15.1. The average Bonchev–Trinajstić information content (AvgIpc) is 3.07. The lowest BCUT2D eigenvalue weighted by atomic mass is 9.93. The number of likely N-dealkylation sites (tertiary alicyclic amines) is 2. The van der Waals surface area contributed by atoms with E-state index < -0.39 is 11.8 Å². The van der Waals surface area contributed by atoms with Crippen LogP contribution in [0.25, 0.3) is 24.3 Å². The van der Waals surface area contributed by atoms with Gasteiger partial charge in [-0.25, -0.2) is 0 Å². The molecular formula is C40H34N2O3. The molecule has 2 fully saturated rings. The van der Waals surface area contributed by atoms with Crippen molar-refractivity contribution < 1.29 is 14.4 Å². The van der Waals surface area contributed by atoms with Crippen molar-refractivity contribution in [1.82, 2.24) is 9.80 Å².